The predicted octanol–water partition coefficient (Wildman–Crippen LogP) is 1.53. The lowest BCUT2D eigenvalue weighted by Crippen LogP contribution is -2.43. The lowest BCUT2D eigenvalue weighted by Gasteiger charge is -2.34. The first-order valence-electron chi connectivity index (χ1n) is 6.41. The summed E-state index contributed by atoms with van der Waals surface area (Å²) < 4.78 is 9.63. The quantitative estimate of drug-likeness (QED) is 0.813. The molecule has 6 nitrogen and oxygen atoms in total. The van der Waals surface area contributed by atoms with Crippen LogP contribution in [0, 0.1) is 0 Å². The van der Waals surface area contributed by atoms with Gasteiger partial charge in [0.1, 0.15) is 0 Å². The van der Waals surface area contributed by atoms with E-state index in [9.17, 15) is 4.79 Å². The van der Waals surface area contributed by atoms with Crippen molar-refractivity contribution in [1.29, 1.82) is 0 Å². The van der Waals surface area contributed by atoms with Gasteiger partial charge in [0.05, 0.1) is 13.2 Å². The minimum absolute atomic E-state index is 0.0452. The van der Waals surface area contributed by atoms with Gasteiger partial charge in [-0.3, -0.25) is 4.79 Å². The molecule has 1 amide bonds. The van der Waals surface area contributed by atoms with Gasteiger partial charge >= 0.3 is 5.95 Å². The molecular formula is C13H23N3O3. The third-order valence-electron chi connectivity index (χ3n) is 3.45. The van der Waals surface area contributed by atoms with Crippen molar-refractivity contribution in [2.24, 2.45) is 0 Å². The van der Waals surface area contributed by atoms with E-state index in [0.717, 1.165) is 13.0 Å². The van der Waals surface area contributed by atoms with E-state index < -0.39 is 0 Å². The molecule has 0 spiro atoms. The smallest absolute Gasteiger partial charge is 0.311 e. The van der Waals surface area contributed by atoms with Crippen LogP contribution in [-0.2, 0) is 0 Å². The number of nitrogens with one attached hydrogen (secondary N) is 1. The highest BCUT2D eigenvalue weighted by atomic mass is 16.6. The lowest BCUT2D eigenvalue weighted by molar-refractivity contribution is 0.0929. The van der Waals surface area contributed by atoms with Crippen LogP contribution in [0.15, 0.2) is 10.6 Å². The molecule has 6 heteroatoms. The van der Waals surface area contributed by atoms with Crippen LogP contribution in [0.2, 0.25) is 0 Å². The van der Waals surface area contributed by atoms with E-state index in [1.807, 2.05) is 0 Å². The fraction of sp³-hybridized carbons (Fsp3) is 0.692. The summed E-state index contributed by atoms with van der Waals surface area (Å²) in [5.41, 5.74) is 0.280. The first kappa shape index (κ1) is 15.5. The molecule has 0 aromatic carbocycles. The number of carbonyl (C=O) groups excluding carboxylic acids is 1. The monoisotopic (exact) mass is 269 g/mol. The van der Waals surface area contributed by atoms with Crippen molar-refractivity contribution in [2.75, 3.05) is 27.2 Å². The Hall–Kier alpha value is -1.56. The maximum absolute atomic E-state index is 11.8. The molecule has 1 heterocycles. The summed E-state index contributed by atoms with van der Waals surface area (Å²) in [4.78, 5) is 14.0. The summed E-state index contributed by atoms with van der Waals surface area (Å²) in [6.07, 6.45) is 0.859. The van der Waals surface area contributed by atoms with E-state index in [1.165, 1.54) is 13.2 Å². The summed E-state index contributed by atoms with van der Waals surface area (Å²) >= 11 is 0. The van der Waals surface area contributed by atoms with Crippen molar-refractivity contribution in [3.05, 3.63) is 11.8 Å². The average molecular weight is 269 g/mol. The Morgan fingerprint density at radius 1 is 1.58 bits per heavy atom. The molecule has 0 aliphatic rings. The van der Waals surface area contributed by atoms with Crippen LogP contribution in [0.3, 0.4) is 0 Å². The molecule has 0 saturated heterocycles. The van der Waals surface area contributed by atoms with Crippen LogP contribution in [0.5, 0.6) is 5.95 Å². The van der Waals surface area contributed by atoms with Crippen molar-refractivity contribution in [3.8, 4) is 5.95 Å². The third kappa shape index (κ3) is 4.24. The standard InChI is InChI=1S/C13H23N3O3/c1-6-16(4)13(2,3)7-8-14-12(17)10-9-11(18-5)19-15-10/h9H,6-8H2,1-5H3,(H,14,17). The molecule has 0 saturated carbocycles. The van der Waals surface area contributed by atoms with Crippen LogP contribution in [-0.4, -0.2) is 48.7 Å². The topological polar surface area (TPSA) is 67.6 Å². The Morgan fingerprint density at radius 3 is 2.79 bits per heavy atom. The molecule has 19 heavy (non-hydrogen) atoms. The third-order valence-corrected chi connectivity index (χ3v) is 3.45. The van der Waals surface area contributed by atoms with E-state index in [-0.39, 0.29) is 23.1 Å². The number of methoxy groups -OCH3 is 1. The number of hydrogen-bond acceptors (Lipinski definition) is 5. The Balaban J connectivity index is 2.43. The summed E-state index contributed by atoms with van der Waals surface area (Å²) in [6.45, 7) is 7.98. The van der Waals surface area contributed by atoms with Gasteiger partial charge in [-0.05, 0) is 33.9 Å². The normalized spacial score (nSPS) is 11.7. The molecule has 0 radical (unpaired) electrons. The Morgan fingerprint density at radius 2 is 2.26 bits per heavy atom. The molecule has 1 aromatic heterocycles. The molecule has 0 unspecified atom stereocenters. The van der Waals surface area contributed by atoms with Gasteiger partial charge in [-0.15, -0.1) is 0 Å². The van der Waals surface area contributed by atoms with E-state index in [4.69, 9.17) is 9.26 Å². The number of nitrogens with zero attached hydrogens (tertiary/aromatic N) is 2. The predicted molar refractivity (Wildman–Crippen MR) is 72.4 cm³/mol. The molecule has 0 atom stereocenters. The maximum atomic E-state index is 11.8. The van der Waals surface area contributed by atoms with E-state index >= 15 is 0 Å². The number of rotatable bonds is 7. The van der Waals surface area contributed by atoms with Crippen molar-refractivity contribution >= 4 is 5.91 Å². The number of ether oxygens (including phenoxy) is 1. The zero-order chi connectivity index (χ0) is 14.5. The van der Waals surface area contributed by atoms with Gasteiger partial charge in [-0.1, -0.05) is 12.1 Å². The maximum Gasteiger partial charge on any atom is 0.311 e. The fourth-order valence-electron chi connectivity index (χ4n) is 1.65. The van der Waals surface area contributed by atoms with Gasteiger partial charge in [0, 0.05) is 12.1 Å². The van der Waals surface area contributed by atoms with E-state index in [0.29, 0.717) is 6.54 Å². The highest BCUT2D eigenvalue weighted by Crippen LogP contribution is 2.16. The van der Waals surface area contributed by atoms with Crippen LogP contribution in [0.1, 0.15) is 37.7 Å². The zero-order valence-corrected chi connectivity index (χ0v) is 12.3. The SMILES string of the molecule is CCN(C)C(C)(C)CCNC(=O)c1cc(OC)on1. The second kappa shape index (κ2) is 6.56. The van der Waals surface area contributed by atoms with Crippen molar-refractivity contribution in [2.45, 2.75) is 32.7 Å². The van der Waals surface area contributed by atoms with E-state index in [2.05, 4.69) is 43.2 Å². The summed E-state index contributed by atoms with van der Waals surface area (Å²) in [6, 6.07) is 1.47. The Bertz CT molecular complexity index is 415. The Labute approximate surface area is 114 Å². The lowest BCUT2D eigenvalue weighted by atomic mass is 9.99. The average Bonchev–Trinajstić information content (AvgIpc) is 2.86. The number of carbonyl (C=O) groups is 1. The molecule has 0 bridgehead atoms. The van der Waals surface area contributed by atoms with Crippen molar-refractivity contribution < 1.29 is 14.1 Å². The van der Waals surface area contributed by atoms with Gasteiger partial charge in [0.2, 0.25) is 0 Å². The molecule has 0 aliphatic carbocycles. The van der Waals surface area contributed by atoms with Crippen molar-refractivity contribution in [1.82, 2.24) is 15.4 Å². The molecule has 1 rings (SSSR count). The number of amides is 1. The molecule has 0 aliphatic heterocycles. The molecule has 1 N–H and O–H groups in total. The number of aromatic nitrogens is 1. The van der Waals surface area contributed by atoms with Gasteiger partial charge in [-0.25, -0.2) is 0 Å². The van der Waals surface area contributed by atoms with E-state index in [1.54, 1.807) is 0 Å². The second-order valence-corrected chi connectivity index (χ2v) is 5.07. The van der Waals surface area contributed by atoms with Gasteiger partial charge in [0.25, 0.3) is 5.91 Å². The Kier molecular flexibility index (Phi) is 5.35. The van der Waals surface area contributed by atoms with Gasteiger partial charge < -0.3 is 19.5 Å². The summed E-state index contributed by atoms with van der Waals surface area (Å²) in [5.74, 6) is -0.0156. The summed E-state index contributed by atoms with van der Waals surface area (Å²) in [5, 5.41) is 6.46. The van der Waals surface area contributed by atoms with Crippen LogP contribution < -0.4 is 10.1 Å². The fourth-order valence-corrected chi connectivity index (χ4v) is 1.65. The first-order chi connectivity index (χ1) is 8.90. The molecule has 0 fully saturated rings. The highest BCUT2D eigenvalue weighted by molar-refractivity contribution is 5.92. The van der Waals surface area contributed by atoms with Crippen LogP contribution in [0.4, 0.5) is 0 Å². The first-order valence-corrected chi connectivity index (χ1v) is 6.41. The highest BCUT2D eigenvalue weighted by Gasteiger charge is 2.22. The van der Waals surface area contributed by atoms with Gasteiger partial charge in [-0.2, -0.15) is 0 Å². The van der Waals surface area contributed by atoms with Crippen LogP contribution >= 0.6 is 0 Å². The minimum atomic E-state index is -0.248. The molecule has 1 aromatic rings. The molecule has 108 valence electrons. The van der Waals surface area contributed by atoms with Gasteiger partial charge in [0.15, 0.2) is 5.69 Å². The second-order valence-electron chi connectivity index (χ2n) is 5.07. The zero-order valence-electron chi connectivity index (χ0n) is 12.3. The number of hydrogen-bond donors (Lipinski definition) is 1. The molecular weight excluding hydrogens is 246 g/mol. The largest absolute Gasteiger partial charge is 0.467 e. The van der Waals surface area contributed by atoms with Crippen molar-refractivity contribution in [3.63, 3.8) is 0 Å². The van der Waals surface area contributed by atoms with Crippen LogP contribution in [0.25, 0.3) is 0 Å². The summed E-state index contributed by atoms with van der Waals surface area (Å²) in [7, 11) is 3.54. The minimum Gasteiger partial charge on any atom is -0.467 e.